The smallest absolute Gasteiger partial charge is 0.0681 e. The number of hydrogen-bond donors (Lipinski definition) is 0. The summed E-state index contributed by atoms with van der Waals surface area (Å²) in [6.45, 7) is 6.47. The van der Waals surface area contributed by atoms with Crippen molar-refractivity contribution in [2.45, 2.75) is 129 Å². The molecule has 0 aromatic carbocycles. The Balaban J connectivity index is 1.10. The van der Waals surface area contributed by atoms with Gasteiger partial charge in [0.25, 0.3) is 0 Å². The Labute approximate surface area is 206 Å². The van der Waals surface area contributed by atoms with E-state index in [1.165, 1.54) is 116 Å². The van der Waals surface area contributed by atoms with Gasteiger partial charge >= 0.3 is 0 Å². The zero-order chi connectivity index (χ0) is 22.9. The molecule has 0 bridgehead atoms. The van der Waals surface area contributed by atoms with Crippen molar-refractivity contribution in [1.82, 2.24) is 0 Å². The van der Waals surface area contributed by atoms with Gasteiger partial charge in [-0.25, -0.2) is 0 Å². The zero-order valence-corrected chi connectivity index (χ0v) is 22.2. The lowest BCUT2D eigenvalue weighted by Gasteiger charge is -2.36. The molecule has 2 unspecified atom stereocenters. The van der Waals surface area contributed by atoms with Gasteiger partial charge in [-0.1, -0.05) is 77.4 Å². The van der Waals surface area contributed by atoms with Crippen LogP contribution in [0.4, 0.5) is 0 Å². The molecule has 0 amide bonds. The van der Waals surface area contributed by atoms with Gasteiger partial charge in [0, 0.05) is 0 Å². The average Bonchev–Trinajstić information content (AvgIpc) is 2.86. The molecule has 1 nitrogen and oxygen atoms in total. The molecule has 4 aliphatic rings. The molecule has 0 aliphatic heterocycles. The summed E-state index contributed by atoms with van der Waals surface area (Å²) in [5.41, 5.74) is 3.17. The second-order valence-corrected chi connectivity index (χ2v) is 12.4. The van der Waals surface area contributed by atoms with Crippen molar-refractivity contribution in [1.29, 1.82) is 0 Å². The Kier molecular flexibility index (Phi) is 10.5. The second kappa shape index (κ2) is 13.5. The molecule has 0 radical (unpaired) electrons. The van der Waals surface area contributed by atoms with Crippen LogP contribution in [-0.2, 0) is 4.74 Å². The molecule has 188 valence electrons. The topological polar surface area (TPSA) is 9.23 Å². The molecule has 2 fully saturated rings. The Hall–Kier alpha value is -0.560. The van der Waals surface area contributed by atoms with Crippen LogP contribution in [-0.4, -0.2) is 13.2 Å². The Morgan fingerprint density at radius 2 is 1.00 bits per heavy atom. The van der Waals surface area contributed by atoms with Crippen LogP contribution < -0.4 is 0 Å². The molecule has 0 aromatic heterocycles. The van der Waals surface area contributed by atoms with E-state index in [-0.39, 0.29) is 0 Å². The number of allylic oxidation sites excluding steroid dienone is 2. The Morgan fingerprint density at radius 1 is 0.576 bits per heavy atom. The molecule has 1 heteroatoms. The molecule has 0 N–H and O–H groups in total. The minimum Gasteiger partial charge on any atom is -0.373 e. The fraction of sp³-hybridized carbons (Fsp3) is 0.875. The summed E-state index contributed by atoms with van der Waals surface area (Å²) >= 11 is 0. The van der Waals surface area contributed by atoms with Crippen molar-refractivity contribution in [3.63, 3.8) is 0 Å². The predicted octanol–water partition coefficient (Wildman–Crippen LogP) is 9.67. The third-order valence-corrected chi connectivity index (χ3v) is 10.2. The summed E-state index contributed by atoms with van der Waals surface area (Å²) < 4.78 is 6.22. The first-order valence-electron chi connectivity index (χ1n) is 15.2. The van der Waals surface area contributed by atoms with E-state index in [0.29, 0.717) is 0 Å². The van der Waals surface area contributed by atoms with Gasteiger partial charge in [-0.2, -0.15) is 0 Å². The van der Waals surface area contributed by atoms with Gasteiger partial charge in [0.05, 0.1) is 13.2 Å². The van der Waals surface area contributed by atoms with Gasteiger partial charge < -0.3 is 4.74 Å². The molecule has 4 rings (SSSR count). The van der Waals surface area contributed by atoms with Gasteiger partial charge in [0.1, 0.15) is 0 Å². The standard InChI is InChI=1S/C32H54O/c1-3-5-25-7-15-29(16-8-25)31-19-11-27(12-20-31)23-33-24-28-13-21-32(22-14-28)30-17-9-26(6-4-2)10-18-30/h11,13,25-26,29-32H,3-10,12,14-24H2,1-2H3. The molecule has 0 aromatic rings. The highest BCUT2D eigenvalue weighted by Crippen LogP contribution is 2.42. The van der Waals surface area contributed by atoms with Crippen molar-refractivity contribution >= 4 is 0 Å². The maximum atomic E-state index is 6.22. The number of hydrogen-bond acceptors (Lipinski definition) is 1. The SMILES string of the molecule is CCCC1CCC(C2CC=C(COCC3=CCC(C4CCC(CCC)CC4)CC3)CC2)CC1. The van der Waals surface area contributed by atoms with Crippen molar-refractivity contribution in [2.24, 2.45) is 35.5 Å². The van der Waals surface area contributed by atoms with Crippen LogP contribution in [0.2, 0.25) is 0 Å². The van der Waals surface area contributed by atoms with Crippen molar-refractivity contribution in [3.8, 4) is 0 Å². The highest BCUT2D eigenvalue weighted by molar-refractivity contribution is 5.10. The van der Waals surface area contributed by atoms with Gasteiger partial charge in [0.2, 0.25) is 0 Å². The maximum Gasteiger partial charge on any atom is 0.0681 e. The van der Waals surface area contributed by atoms with Crippen molar-refractivity contribution < 1.29 is 4.74 Å². The quantitative estimate of drug-likeness (QED) is 0.298. The summed E-state index contributed by atoms with van der Waals surface area (Å²) in [7, 11) is 0. The molecule has 2 saturated carbocycles. The van der Waals surface area contributed by atoms with E-state index in [2.05, 4.69) is 26.0 Å². The Bertz CT molecular complexity index is 560. The maximum absolute atomic E-state index is 6.22. The second-order valence-electron chi connectivity index (χ2n) is 12.4. The lowest BCUT2D eigenvalue weighted by molar-refractivity contribution is 0.154. The van der Waals surface area contributed by atoms with E-state index in [1.54, 1.807) is 11.1 Å². The molecular formula is C32H54O. The number of rotatable bonds is 10. The molecule has 2 atom stereocenters. The fourth-order valence-corrected chi connectivity index (χ4v) is 7.96. The fourth-order valence-electron chi connectivity index (χ4n) is 7.96. The average molecular weight is 455 g/mol. The monoisotopic (exact) mass is 454 g/mol. The predicted molar refractivity (Wildman–Crippen MR) is 142 cm³/mol. The summed E-state index contributed by atoms with van der Waals surface area (Å²) in [4.78, 5) is 0. The molecule has 33 heavy (non-hydrogen) atoms. The van der Waals surface area contributed by atoms with E-state index in [4.69, 9.17) is 4.74 Å². The Morgan fingerprint density at radius 3 is 1.33 bits per heavy atom. The minimum atomic E-state index is 0.887. The van der Waals surface area contributed by atoms with Gasteiger partial charge in [-0.05, 0) is 111 Å². The van der Waals surface area contributed by atoms with Crippen molar-refractivity contribution in [2.75, 3.05) is 13.2 Å². The van der Waals surface area contributed by atoms with Crippen molar-refractivity contribution in [3.05, 3.63) is 23.3 Å². The van der Waals surface area contributed by atoms with E-state index in [9.17, 15) is 0 Å². The lowest BCUT2D eigenvalue weighted by atomic mass is 9.71. The molecule has 0 saturated heterocycles. The summed E-state index contributed by atoms with van der Waals surface area (Å²) in [6.07, 6.45) is 30.9. The third-order valence-electron chi connectivity index (χ3n) is 10.2. The van der Waals surface area contributed by atoms with Crippen LogP contribution in [0, 0.1) is 35.5 Å². The minimum absolute atomic E-state index is 0.887. The van der Waals surface area contributed by atoms with Crippen LogP contribution in [0.15, 0.2) is 23.3 Å². The highest BCUT2D eigenvalue weighted by atomic mass is 16.5. The van der Waals surface area contributed by atoms with E-state index >= 15 is 0 Å². The van der Waals surface area contributed by atoms with Crippen LogP contribution in [0.1, 0.15) is 129 Å². The lowest BCUT2D eigenvalue weighted by Crippen LogP contribution is -2.24. The first kappa shape index (κ1) is 25.5. The molecule has 0 heterocycles. The number of ether oxygens (including phenoxy) is 1. The summed E-state index contributed by atoms with van der Waals surface area (Å²) in [5, 5.41) is 0. The highest BCUT2D eigenvalue weighted by Gasteiger charge is 2.29. The largest absolute Gasteiger partial charge is 0.373 e. The van der Waals surface area contributed by atoms with Gasteiger partial charge in [0.15, 0.2) is 0 Å². The summed E-state index contributed by atoms with van der Waals surface area (Å²) in [6, 6.07) is 0. The van der Waals surface area contributed by atoms with Crippen LogP contribution in [0.25, 0.3) is 0 Å². The van der Waals surface area contributed by atoms with Crippen LogP contribution >= 0.6 is 0 Å². The molecular weight excluding hydrogens is 400 g/mol. The van der Waals surface area contributed by atoms with E-state index < -0.39 is 0 Å². The van der Waals surface area contributed by atoms with Gasteiger partial charge in [-0.3, -0.25) is 0 Å². The normalized spacial score (nSPS) is 35.7. The molecule has 0 spiro atoms. The van der Waals surface area contributed by atoms with E-state index in [0.717, 1.165) is 48.7 Å². The van der Waals surface area contributed by atoms with Crippen LogP contribution in [0.5, 0.6) is 0 Å². The third kappa shape index (κ3) is 7.71. The zero-order valence-electron chi connectivity index (χ0n) is 22.2. The molecule has 4 aliphatic carbocycles. The first-order valence-corrected chi connectivity index (χ1v) is 15.2. The summed E-state index contributed by atoms with van der Waals surface area (Å²) in [5.74, 6) is 6.04. The van der Waals surface area contributed by atoms with E-state index in [1.807, 2.05) is 0 Å². The van der Waals surface area contributed by atoms with Crippen LogP contribution in [0.3, 0.4) is 0 Å². The first-order chi connectivity index (χ1) is 16.2. The van der Waals surface area contributed by atoms with Gasteiger partial charge in [-0.15, -0.1) is 0 Å².